The van der Waals surface area contributed by atoms with Gasteiger partial charge in [0.05, 0.1) is 11.7 Å². The van der Waals surface area contributed by atoms with Crippen LogP contribution in [0.2, 0.25) is 0 Å². The number of nitrogens with one attached hydrogen (secondary N) is 1. The summed E-state index contributed by atoms with van der Waals surface area (Å²) in [5.74, 6) is 0.908. The summed E-state index contributed by atoms with van der Waals surface area (Å²) in [4.78, 5) is 0. The van der Waals surface area contributed by atoms with Crippen molar-refractivity contribution in [2.24, 2.45) is 0 Å². The van der Waals surface area contributed by atoms with E-state index in [1.165, 1.54) is 25.7 Å². The zero-order valence-electron chi connectivity index (χ0n) is 11.3. The molecule has 0 saturated heterocycles. The molecule has 3 heteroatoms. The molecule has 0 amide bonds. The topological polar surface area (TPSA) is 41.5 Å². The van der Waals surface area contributed by atoms with E-state index < -0.39 is 5.60 Å². The number of likely N-dealkylation sites (N-methyl/N-ethyl adjacent to an activating group) is 1. The summed E-state index contributed by atoms with van der Waals surface area (Å²) in [6.45, 7) is 2.35. The van der Waals surface area contributed by atoms with Gasteiger partial charge >= 0.3 is 0 Å². The molecule has 100 valence electrons. The first-order valence-electron chi connectivity index (χ1n) is 6.76. The summed E-state index contributed by atoms with van der Waals surface area (Å²) in [7, 11) is 1.84. The zero-order valence-corrected chi connectivity index (χ0v) is 11.3. The van der Waals surface area contributed by atoms with Crippen molar-refractivity contribution >= 4 is 0 Å². The van der Waals surface area contributed by atoms with Crippen LogP contribution in [0.5, 0.6) is 5.75 Å². The van der Waals surface area contributed by atoms with Gasteiger partial charge in [-0.2, -0.15) is 0 Å². The smallest absolute Gasteiger partial charge is 0.119 e. The third-order valence-corrected chi connectivity index (χ3v) is 3.60. The summed E-state index contributed by atoms with van der Waals surface area (Å²) < 4.78 is 5.91. The average molecular weight is 249 g/mol. The molecule has 1 unspecified atom stereocenters. The number of rotatable bonds is 5. The predicted octanol–water partition coefficient (Wildman–Crippen LogP) is 2.43. The molecule has 1 aromatic rings. The second-order valence-electron chi connectivity index (χ2n) is 5.35. The van der Waals surface area contributed by atoms with Crippen LogP contribution in [0.3, 0.4) is 0 Å². The molecule has 1 saturated carbocycles. The lowest BCUT2D eigenvalue weighted by molar-refractivity contribution is 0.0591. The molecular weight excluding hydrogens is 226 g/mol. The van der Waals surface area contributed by atoms with Crippen LogP contribution in [-0.2, 0) is 5.60 Å². The van der Waals surface area contributed by atoms with E-state index in [0.717, 1.165) is 11.3 Å². The van der Waals surface area contributed by atoms with E-state index >= 15 is 0 Å². The highest BCUT2D eigenvalue weighted by Crippen LogP contribution is 2.26. The number of hydrogen-bond donors (Lipinski definition) is 2. The number of hydrogen-bond acceptors (Lipinski definition) is 3. The Kier molecular flexibility index (Phi) is 4.25. The van der Waals surface area contributed by atoms with E-state index in [-0.39, 0.29) is 0 Å². The lowest BCUT2D eigenvalue weighted by atomic mass is 9.96. The van der Waals surface area contributed by atoms with E-state index in [1.807, 2.05) is 38.2 Å². The van der Waals surface area contributed by atoms with E-state index in [2.05, 4.69) is 5.32 Å². The molecule has 1 aliphatic carbocycles. The molecule has 0 spiro atoms. The minimum Gasteiger partial charge on any atom is -0.490 e. The minimum atomic E-state index is -0.833. The van der Waals surface area contributed by atoms with Gasteiger partial charge in [-0.3, -0.25) is 0 Å². The van der Waals surface area contributed by atoms with Crippen LogP contribution in [0, 0.1) is 0 Å². The Hall–Kier alpha value is -1.06. The van der Waals surface area contributed by atoms with Crippen LogP contribution in [0.25, 0.3) is 0 Å². The molecule has 18 heavy (non-hydrogen) atoms. The van der Waals surface area contributed by atoms with Crippen molar-refractivity contribution in [3.63, 3.8) is 0 Å². The summed E-state index contributed by atoms with van der Waals surface area (Å²) in [6.07, 6.45) is 5.27. The Balaban J connectivity index is 2.00. The first kappa shape index (κ1) is 13.4. The Bertz CT molecular complexity index is 367. The maximum absolute atomic E-state index is 10.3. The molecule has 1 aromatic carbocycles. The second-order valence-corrected chi connectivity index (χ2v) is 5.35. The highest BCUT2D eigenvalue weighted by Gasteiger charge is 2.22. The monoisotopic (exact) mass is 249 g/mol. The van der Waals surface area contributed by atoms with Crippen molar-refractivity contribution in [2.45, 2.75) is 44.3 Å². The SMILES string of the molecule is CNCC(C)(O)c1ccc(OC2CCCC2)cc1. The molecular formula is C15H23NO2. The summed E-state index contributed by atoms with van der Waals surface area (Å²) in [5.41, 5.74) is 0.0799. The van der Waals surface area contributed by atoms with Crippen molar-refractivity contribution in [3.8, 4) is 5.75 Å². The van der Waals surface area contributed by atoms with Crippen LogP contribution >= 0.6 is 0 Å². The third kappa shape index (κ3) is 3.24. The fraction of sp³-hybridized carbons (Fsp3) is 0.600. The average Bonchev–Trinajstić information content (AvgIpc) is 2.82. The Morgan fingerprint density at radius 3 is 2.44 bits per heavy atom. The van der Waals surface area contributed by atoms with Gasteiger partial charge in [0.1, 0.15) is 5.75 Å². The molecule has 2 N–H and O–H groups in total. The highest BCUT2D eigenvalue weighted by molar-refractivity contribution is 5.31. The number of ether oxygens (including phenoxy) is 1. The standard InChI is InChI=1S/C15H23NO2/c1-15(17,11-16-2)12-7-9-14(10-8-12)18-13-5-3-4-6-13/h7-10,13,16-17H,3-6,11H2,1-2H3. The van der Waals surface area contributed by atoms with Gasteiger partial charge in [-0.15, -0.1) is 0 Å². The van der Waals surface area contributed by atoms with Crippen molar-refractivity contribution in [2.75, 3.05) is 13.6 Å². The van der Waals surface area contributed by atoms with E-state index in [1.54, 1.807) is 0 Å². The fourth-order valence-corrected chi connectivity index (χ4v) is 2.54. The minimum absolute atomic E-state index is 0.383. The van der Waals surface area contributed by atoms with Gasteiger partial charge in [-0.25, -0.2) is 0 Å². The highest BCUT2D eigenvalue weighted by atomic mass is 16.5. The molecule has 0 heterocycles. The molecule has 2 rings (SSSR count). The molecule has 3 nitrogen and oxygen atoms in total. The van der Waals surface area contributed by atoms with E-state index in [9.17, 15) is 5.11 Å². The van der Waals surface area contributed by atoms with Gasteiger partial charge in [0.15, 0.2) is 0 Å². The molecule has 1 fully saturated rings. The van der Waals surface area contributed by atoms with Crippen molar-refractivity contribution < 1.29 is 9.84 Å². The van der Waals surface area contributed by atoms with Crippen LogP contribution in [0.15, 0.2) is 24.3 Å². The van der Waals surface area contributed by atoms with Gasteiger partial charge < -0.3 is 15.2 Å². The quantitative estimate of drug-likeness (QED) is 0.842. The van der Waals surface area contributed by atoms with Crippen LogP contribution in [0.4, 0.5) is 0 Å². The van der Waals surface area contributed by atoms with E-state index in [0.29, 0.717) is 12.6 Å². The Morgan fingerprint density at radius 1 is 1.28 bits per heavy atom. The first-order valence-corrected chi connectivity index (χ1v) is 6.76. The Morgan fingerprint density at radius 2 is 1.89 bits per heavy atom. The molecule has 0 aromatic heterocycles. The second kappa shape index (κ2) is 5.72. The van der Waals surface area contributed by atoms with Crippen molar-refractivity contribution in [1.82, 2.24) is 5.32 Å². The largest absolute Gasteiger partial charge is 0.490 e. The molecule has 1 aliphatic rings. The Labute approximate surface area is 109 Å². The maximum Gasteiger partial charge on any atom is 0.119 e. The number of aliphatic hydroxyl groups is 1. The van der Waals surface area contributed by atoms with Crippen LogP contribution in [-0.4, -0.2) is 24.8 Å². The van der Waals surface area contributed by atoms with Gasteiger partial charge in [0, 0.05) is 6.54 Å². The maximum atomic E-state index is 10.3. The van der Waals surface area contributed by atoms with E-state index in [4.69, 9.17) is 4.74 Å². The van der Waals surface area contributed by atoms with Crippen LogP contribution < -0.4 is 10.1 Å². The predicted molar refractivity (Wildman–Crippen MR) is 72.8 cm³/mol. The molecule has 1 atom stereocenters. The first-order chi connectivity index (χ1) is 8.62. The summed E-state index contributed by atoms with van der Waals surface area (Å²) in [6, 6.07) is 7.80. The van der Waals surface area contributed by atoms with Gasteiger partial charge in [-0.1, -0.05) is 12.1 Å². The lowest BCUT2D eigenvalue weighted by Crippen LogP contribution is -2.33. The van der Waals surface area contributed by atoms with Gasteiger partial charge in [0.2, 0.25) is 0 Å². The molecule has 0 radical (unpaired) electrons. The normalized spacial score (nSPS) is 19.7. The lowest BCUT2D eigenvalue weighted by Gasteiger charge is -2.24. The summed E-state index contributed by atoms with van der Waals surface area (Å²) >= 11 is 0. The zero-order chi connectivity index (χ0) is 13.0. The van der Waals surface area contributed by atoms with Gasteiger partial charge in [-0.05, 0) is 57.4 Å². The summed E-state index contributed by atoms with van der Waals surface area (Å²) in [5, 5.41) is 13.3. The van der Waals surface area contributed by atoms with Crippen LogP contribution in [0.1, 0.15) is 38.2 Å². The molecule has 0 bridgehead atoms. The third-order valence-electron chi connectivity index (χ3n) is 3.60. The fourth-order valence-electron chi connectivity index (χ4n) is 2.54. The van der Waals surface area contributed by atoms with Crippen molar-refractivity contribution in [3.05, 3.63) is 29.8 Å². The van der Waals surface area contributed by atoms with Gasteiger partial charge in [0.25, 0.3) is 0 Å². The van der Waals surface area contributed by atoms with Crippen molar-refractivity contribution in [1.29, 1.82) is 0 Å². The molecule has 0 aliphatic heterocycles. The number of benzene rings is 1.